The first-order valence-corrected chi connectivity index (χ1v) is 5.91. The number of aliphatic hydroxyl groups is 1. The number of likely N-dealkylation sites (N-methyl/N-ethyl adjacent to an activating group) is 1. The third kappa shape index (κ3) is 2.48. The van der Waals surface area contributed by atoms with Crippen LogP contribution in [0.25, 0.3) is 5.57 Å². The molecular weight excluding hydrogens is 214 g/mol. The molecule has 0 saturated carbocycles. The summed E-state index contributed by atoms with van der Waals surface area (Å²) in [6.45, 7) is 2.88. The number of rotatable bonds is 3. The Labute approximate surface area is 102 Å². The Balaban J connectivity index is 2.21. The van der Waals surface area contributed by atoms with Crippen LogP contribution in [0.3, 0.4) is 0 Å². The van der Waals surface area contributed by atoms with Crippen molar-refractivity contribution in [3.05, 3.63) is 36.3 Å². The number of hydrogen-bond acceptors (Lipinski definition) is 2. The number of aliphatic hydroxyl groups excluding tert-OH is 1. The highest BCUT2D eigenvalue weighted by Crippen LogP contribution is 2.24. The van der Waals surface area contributed by atoms with Crippen molar-refractivity contribution in [2.45, 2.75) is 19.5 Å². The summed E-state index contributed by atoms with van der Waals surface area (Å²) in [4.78, 5) is 0. The predicted octanol–water partition coefficient (Wildman–Crippen LogP) is 1.25. The van der Waals surface area contributed by atoms with E-state index in [-0.39, 0.29) is 6.61 Å². The van der Waals surface area contributed by atoms with Gasteiger partial charge in [-0.15, -0.1) is 0 Å². The lowest BCUT2D eigenvalue weighted by Crippen LogP contribution is -2.42. The molecule has 2 heterocycles. The molecule has 0 amide bonds. The molecule has 0 fully saturated rings. The molecule has 0 radical (unpaired) electrons. The van der Waals surface area contributed by atoms with Crippen LogP contribution in [0.15, 0.2) is 30.7 Å². The van der Waals surface area contributed by atoms with Crippen LogP contribution in [0, 0.1) is 0 Å². The maximum Gasteiger partial charge on any atom is 0.109 e. The molecule has 0 bridgehead atoms. The van der Waals surface area contributed by atoms with Gasteiger partial charge in [0.1, 0.15) is 6.04 Å². The minimum Gasteiger partial charge on any atom is -0.394 e. The molecular formula is C13H20N3O+. The van der Waals surface area contributed by atoms with Crippen LogP contribution in [-0.4, -0.2) is 46.1 Å². The second-order valence-electron chi connectivity index (χ2n) is 5.02. The van der Waals surface area contributed by atoms with E-state index in [1.807, 2.05) is 12.4 Å². The van der Waals surface area contributed by atoms with Crippen LogP contribution in [0.4, 0.5) is 0 Å². The maximum absolute atomic E-state index is 8.86. The van der Waals surface area contributed by atoms with Crippen molar-refractivity contribution in [3.63, 3.8) is 0 Å². The van der Waals surface area contributed by atoms with Gasteiger partial charge in [-0.3, -0.25) is 9.16 Å². The zero-order chi connectivity index (χ0) is 12.5. The van der Waals surface area contributed by atoms with E-state index >= 15 is 0 Å². The number of quaternary nitrogens is 1. The van der Waals surface area contributed by atoms with Crippen molar-refractivity contribution >= 4 is 5.57 Å². The summed E-state index contributed by atoms with van der Waals surface area (Å²) in [6.07, 6.45) is 10.4. The first kappa shape index (κ1) is 12.1. The Morgan fingerprint density at radius 2 is 2.24 bits per heavy atom. The SMILES string of the molecule is CC1C=C(c2cnn(CCO)c2)C=C[N+]1(C)C. The molecule has 1 aliphatic heterocycles. The molecule has 4 heteroatoms. The van der Waals surface area contributed by atoms with Crippen molar-refractivity contribution in [1.82, 2.24) is 9.78 Å². The van der Waals surface area contributed by atoms with Crippen molar-refractivity contribution in [2.24, 2.45) is 0 Å². The fraction of sp³-hybridized carbons (Fsp3) is 0.462. The second kappa shape index (κ2) is 4.47. The van der Waals surface area contributed by atoms with E-state index in [0.717, 1.165) is 10.0 Å². The van der Waals surface area contributed by atoms with Crippen LogP contribution in [0.5, 0.6) is 0 Å². The second-order valence-corrected chi connectivity index (χ2v) is 5.02. The first-order valence-electron chi connectivity index (χ1n) is 5.91. The van der Waals surface area contributed by atoms with Gasteiger partial charge in [0.25, 0.3) is 0 Å². The molecule has 17 heavy (non-hydrogen) atoms. The Kier molecular flexibility index (Phi) is 3.17. The van der Waals surface area contributed by atoms with Crippen LogP contribution >= 0.6 is 0 Å². The monoisotopic (exact) mass is 234 g/mol. The summed E-state index contributed by atoms with van der Waals surface area (Å²) in [5.74, 6) is 0. The smallest absolute Gasteiger partial charge is 0.109 e. The zero-order valence-corrected chi connectivity index (χ0v) is 10.7. The third-order valence-electron chi connectivity index (χ3n) is 3.40. The quantitative estimate of drug-likeness (QED) is 0.799. The Bertz CT molecular complexity index is 457. The molecule has 92 valence electrons. The summed E-state index contributed by atoms with van der Waals surface area (Å²) < 4.78 is 2.64. The normalized spacial score (nSPS) is 22.6. The standard InChI is InChI=1S/C13H20N3O/c1-11-8-12(4-6-16(11,2)3)13-9-14-15(10-13)5-7-17/h4,6,8-11,17H,5,7H2,1-3H3/q+1. The molecule has 1 aromatic rings. The highest BCUT2D eigenvalue weighted by Gasteiger charge is 2.23. The van der Waals surface area contributed by atoms with Crippen molar-refractivity contribution in [1.29, 1.82) is 0 Å². The molecule has 1 aliphatic rings. The number of hydrogen-bond donors (Lipinski definition) is 1. The summed E-state index contributed by atoms with van der Waals surface area (Å²) in [5, 5.41) is 13.1. The lowest BCUT2D eigenvalue weighted by molar-refractivity contribution is -0.856. The fourth-order valence-electron chi connectivity index (χ4n) is 1.85. The molecule has 1 atom stereocenters. The predicted molar refractivity (Wildman–Crippen MR) is 68.0 cm³/mol. The lowest BCUT2D eigenvalue weighted by Gasteiger charge is -2.33. The summed E-state index contributed by atoms with van der Waals surface area (Å²) >= 11 is 0. The van der Waals surface area contributed by atoms with Crippen LogP contribution in [-0.2, 0) is 6.54 Å². The van der Waals surface area contributed by atoms with Crippen LogP contribution < -0.4 is 0 Å². The van der Waals surface area contributed by atoms with Gasteiger partial charge in [-0.05, 0) is 24.6 Å². The highest BCUT2D eigenvalue weighted by molar-refractivity contribution is 5.73. The van der Waals surface area contributed by atoms with Gasteiger partial charge in [0.15, 0.2) is 0 Å². The minimum atomic E-state index is 0.121. The largest absolute Gasteiger partial charge is 0.394 e. The van der Waals surface area contributed by atoms with Gasteiger partial charge in [-0.1, -0.05) is 0 Å². The van der Waals surface area contributed by atoms with Crippen LogP contribution in [0.2, 0.25) is 0 Å². The van der Waals surface area contributed by atoms with E-state index < -0.39 is 0 Å². The first-order chi connectivity index (χ1) is 8.03. The van der Waals surface area contributed by atoms with Crippen molar-refractivity contribution in [3.8, 4) is 0 Å². The van der Waals surface area contributed by atoms with E-state index in [2.05, 4.69) is 44.5 Å². The van der Waals surface area contributed by atoms with E-state index in [1.165, 1.54) is 5.57 Å². The number of allylic oxidation sites excluding steroid dienone is 2. The van der Waals surface area contributed by atoms with E-state index in [1.54, 1.807) is 4.68 Å². The maximum atomic E-state index is 8.86. The van der Waals surface area contributed by atoms with Gasteiger partial charge in [-0.25, -0.2) is 0 Å². The molecule has 0 aliphatic carbocycles. The summed E-state index contributed by atoms with van der Waals surface area (Å²) in [6, 6.07) is 0.455. The zero-order valence-electron chi connectivity index (χ0n) is 10.7. The molecule has 1 unspecified atom stereocenters. The number of aromatic nitrogens is 2. The molecule has 1 aromatic heterocycles. The topological polar surface area (TPSA) is 38.0 Å². The van der Waals surface area contributed by atoms with Crippen LogP contribution in [0.1, 0.15) is 12.5 Å². The minimum absolute atomic E-state index is 0.121. The van der Waals surface area contributed by atoms with Gasteiger partial charge in [0.05, 0.1) is 39.6 Å². The number of nitrogens with zero attached hydrogens (tertiary/aromatic N) is 3. The van der Waals surface area contributed by atoms with Gasteiger partial charge in [-0.2, -0.15) is 5.10 Å². The molecule has 1 N–H and O–H groups in total. The summed E-state index contributed by atoms with van der Waals surface area (Å²) in [5.41, 5.74) is 2.32. The Morgan fingerprint density at radius 1 is 1.47 bits per heavy atom. The van der Waals surface area contributed by atoms with Gasteiger partial charge in [0.2, 0.25) is 0 Å². The molecule has 4 nitrogen and oxygen atoms in total. The van der Waals surface area contributed by atoms with Crippen molar-refractivity contribution < 1.29 is 9.59 Å². The average molecular weight is 234 g/mol. The van der Waals surface area contributed by atoms with Gasteiger partial charge < -0.3 is 5.11 Å². The highest BCUT2D eigenvalue weighted by atomic mass is 16.3. The van der Waals surface area contributed by atoms with E-state index in [0.29, 0.717) is 12.6 Å². The molecule has 0 spiro atoms. The van der Waals surface area contributed by atoms with Crippen molar-refractivity contribution in [2.75, 3.05) is 20.7 Å². The van der Waals surface area contributed by atoms with Gasteiger partial charge in [0, 0.05) is 11.8 Å². The molecule has 2 rings (SSSR count). The van der Waals surface area contributed by atoms with E-state index in [4.69, 9.17) is 5.11 Å². The molecule has 0 saturated heterocycles. The summed E-state index contributed by atoms with van der Waals surface area (Å²) in [7, 11) is 4.37. The van der Waals surface area contributed by atoms with E-state index in [9.17, 15) is 0 Å². The Hall–Kier alpha value is -1.39. The van der Waals surface area contributed by atoms with Gasteiger partial charge >= 0.3 is 0 Å². The fourth-order valence-corrected chi connectivity index (χ4v) is 1.85. The third-order valence-corrected chi connectivity index (χ3v) is 3.40. The Morgan fingerprint density at radius 3 is 2.88 bits per heavy atom. The average Bonchev–Trinajstić information content (AvgIpc) is 2.71. The lowest BCUT2D eigenvalue weighted by atomic mass is 10.0. The molecule has 0 aromatic carbocycles.